The third kappa shape index (κ3) is 2.66. The fraction of sp³-hybridized carbons (Fsp3) is 0.250. The average molecular weight is 299 g/mol. The van der Waals surface area contributed by atoms with E-state index < -0.39 is 15.8 Å². The first-order valence-electron chi connectivity index (χ1n) is 5.77. The molecular weight excluding hydrogens is 285 g/mol. The summed E-state index contributed by atoms with van der Waals surface area (Å²) in [5, 5.41) is 3.48. The van der Waals surface area contributed by atoms with Crippen molar-refractivity contribution in [3.8, 4) is 0 Å². The van der Waals surface area contributed by atoms with E-state index in [1.807, 2.05) is 0 Å². The number of aromatic nitrogens is 1. The zero-order chi connectivity index (χ0) is 14.9. The largest absolute Gasteiger partial charge is 0.396 e. The van der Waals surface area contributed by atoms with Gasteiger partial charge in [-0.3, -0.25) is 0 Å². The van der Waals surface area contributed by atoms with E-state index in [-0.39, 0.29) is 22.7 Å². The first kappa shape index (κ1) is 14.5. The van der Waals surface area contributed by atoms with Gasteiger partial charge in [0.05, 0.1) is 23.3 Å². The molecule has 0 saturated heterocycles. The number of nitrogen functional groups attached to an aromatic ring is 1. The molecular formula is C12H14FN3O3S. The monoisotopic (exact) mass is 299 g/mol. The van der Waals surface area contributed by atoms with E-state index in [1.54, 1.807) is 6.07 Å². The van der Waals surface area contributed by atoms with Gasteiger partial charge in [0, 0.05) is 6.07 Å². The molecule has 3 N–H and O–H groups in total. The number of anilines is 1. The Bertz CT molecular complexity index is 727. The van der Waals surface area contributed by atoms with Gasteiger partial charge < -0.3 is 10.3 Å². The zero-order valence-electron chi connectivity index (χ0n) is 11.0. The van der Waals surface area contributed by atoms with Gasteiger partial charge in [-0.05, 0) is 31.0 Å². The molecule has 8 heteroatoms. The smallest absolute Gasteiger partial charge is 0.241 e. The lowest BCUT2D eigenvalue weighted by molar-refractivity contribution is 0.380. The van der Waals surface area contributed by atoms with Crippen molar-refractivity contribution in [2.75, 3.05) is 5.73 Å². The zero-order valence-corrected chi connectivity index (χ0v) is 11.8. The summed E-state index contributed by atoms with van der Waals surface area (Å²) in [6.07, 6.45) is 1.41. The highest BCUT2D eigenvalue weighted by atomic mass is 32.2. The Hall–Kier alpha value is -1.93. The SMILES string of the molecule is Cc1cc(F)c(N)c(C)c1S(=O)(=O)NCc1ccno1. The fourth-order valence-corrected chi connectivity index (χ4v) is 3.39. The highest BCUT2D eigenvalue weighted by molar-refractivity contribution is 7.89. The standard InChI is InChI=1S/C12H14FN3O3S/c1-7-5-10(13)11(14)8(2)12(7)20(17,18)16-6-9-3-4-15-19-9/h3-5,16H,6,14H2,1-2H3. The topological polar surface area (TPSA) is 98.2 Å². The minimum Gasteiger partial charge on any atom is -0.396 e. The normalized spacial score (nSPS) is 11.8. The number of nitrogens with two attached hydrogens (primary N) is 1. The molecule has 0 fully saturated rings. The van der Waals surface area contributed by atoms with Crippen LogP contribution in [0.25, 0.3) is 0 Å². The van der Waals surface area contributed by atoms with E-state index in [1.165, 1.54) is 20.0 Å². The van der Waals surface area contributed by atoms with Gasteiger partial charge in [-0.15, -0.1) is 0 Å². The van der Waals surface area contributed by atoms with E-state index in [9.17, 15) is 12.8 Å². The Labute approximate surface area is 115 Å². The van der Waals surface area contributed by atoms with E-state index in [2.05, 4.69) is 9.88 Å². The van der Waals surface area contributed by atoms with Crippen LogP contribution in [0, 0.1) is 19.7 Å². The summed E-state index contributed by atoms with van der Waals surface area (Å²) in [5.74, 6) is -0.256. The maximum atomic E-state index is 13.5. The van der Waals surface area contributed by atoms with Gasteiger partial charge in [-0.25, -0.2) is 17.5 Å². The third-order valence-corrected chi connectivity index (χ3v) is 4.59. The van der Waals surface area contributed by atoms with Crippen LogP contribution < -0.4 is 10.5 Å². The van der Waals surface area contributed by atoms with Crippen LogP contribution in [0.5, 0.6) is 0 Å². The van der Waals surface area contributed by atoms with Crippen molar-refractivity contribution in [3.05, 3.63) is 41.0 Å². The van der Waals surface area contributed by atoms with Gasteiger partial charge in [0.15, 0.2) is 5.76 Å². The number of sulfonamides is 1. The van der Waals surface area contributed by atoms with Crippen LogP contribution in [-0.2, 0) is 16.6 Å². The molecule has 0 unspecified atom stereocenters. The molecule has 0 aliphatic heterocycles. The van der Waals surface area contributed by atoms with Crippen LogP contribution in [0.4, 0.5) is 10.1 Å². The Balaban J connectivity index is 2.37. The Kier molecular flexibility index (Phi) is 3.78. The van der Waals surface area contributed by atoms with E-state index >= 15 is 0 Å². The van der Waals surface area contributed by atoms with Gasteiger partial charge in [0.2, 0.25) is 10.0 Å². The van der Waals surface area contributed by atoms with Crippen LogP contribution in [0.3, 0.4) is 0 Å². The van der Waals surface area contributed by atoms with Crippen LogP contribution in [0.1, 0.15) is 16.9 Å². The van der Waals surface area contributed by atoms with Gasteiger partial charge in [0.1, 0.15) is 5.82 Å². The number of rotatable bonds is 4. The van der Waals surface area contributed by atoms with Crippen LogP contribution in [0.2, 0.25) is 0 Å². The summed E-state index contributed by atoms with van der Waals surface area (Å²) in [7, 11) is -3.82. The summed E-state index contributed by atoms with van der Waals surface area (Å²) in [5.41, 5.74) is 5.85. The van der Waals surface area contributed by atoms with Crippen molar-refractivity contribution in [1.29, 1.82) is 0 Å². The number of halogens is 1. The van der Waals surface area contributed by atoms with Gasteiger partial charge in [0.25, 0.3) is 0 Å². The summed E-state index contributed by atoms with van der Waals surface area (Å²) in [4.78, 5) is -0.0177. The van der Waals surface area contributed by atoms with Crippen molar-refractivity contribution in [3.63, 3.8) is 0 Å². The molecule has 108 valence electrons. The number of hydrogen-bond donors (Lipinski definition) is 2. The predicted octanol–water partition coefficient (Wildman–Crippen LogP) is 1.49. The van der Waals surface area contributed by atoms with Gasteiger partial charge in [-0.1, -0.05) is 5.16 Å². The first-order chi connectivity index (χ1) is 9.33. The van der Waals surface area contributed by atoms with E-state index in [4.69, 9.17) is 10.3 Å². The molecule has 0 saturated carbocycles. The van der Waals surface area contributed by atoms with Gasteiger partial charge in [-0.2, -0.15) is 0 Å². The second-order valence-corrected chi connectivity index (χ2v) is 6.05. The summed E-state index contributed by atoms with van der Waals surface area (Å²) < 4.78 is 45.2. The van der Waals surface area contributed by atoms with Crippen molar-refractivity contribution in [1.82, 2.24) is 9.88 Å². The van der Waals surface area contributed by atoms with Gasteiger partial charge >= 0.3 is 0 Å². The highest BCUT2D eigenvalue weighted by Gasteiger charge is 2.23. The van der Waals surface area contributed by atoms with Crippen molar-refractivity contribution in [2.24, 2.45) is 0 Å². The lowest BCUT2D eigenvalue weighted by Gasteiger charge is -2.13. The van der Waals surface area contributed by atoms with E-state index in [0.29, 0.717) is 11.3 Å². The summed E-state index contributed by atoms with van der Waals surface area (Å²) >= 11 is 0. The molecule has 0 aliphatic rings. The predicted molar refractivity (Wildman–Crippen MR) is 70.8 cm³/mol. The molecule has 1 aromatic heterocycles. The lowest BCUT2D eigenvalue weighted by Crippen LogP contribution is -2.25. The molecule has 1 aromatic carbocycles. The number of nitrogens with zero attached hydrogens (tertiary/aromatic N) is 1. The Morgan fingerprint density at radius 1 is 1.45 bits per heavy atom. The maximum absolute atomic E-state index is 13.5. The van der Waals surface area contributed by atoms with Crippen LogP contribution in [-0.4, -0.2) is 13.6 Å². The molecule has 6 nitrogen and oxygen atoms in total. The molecule has 20 heavy (non-hydrogen) atoms. The molecule has 0 spiro atoms. The molecule has 0 radical (unpaired) electrons. The number of aryl methyl sites for hydroxylation is 1. The second-order valence-electron chi connectivity index (χ2n) is 4.35. The number of benzene rings is 1. The summed E-state index contributed by atoms with van der Waals surface area (Å²) in [6, 6.07) is 2.65. The number of nitrogens with one attached hydrogen (secondary N) is 1. The van der Waals surface area contributed by atoms with Crippen molar-refractivity contribution < 1.29 is 17.3 Å². The minimum absolute atomic E-state index is 0.0177. The average Bonchev–Trinajstić information content (AvgIpc) is 2.86. The quantitative estimate of drug-likeness (QED) is 0.833. The van der Waals surface area contributed by atoms with Crippen LogP contribution in [0.15, 0.2) is 27.7 Å². The lowest BCUT2D eigenvalue weighted by atomic mass is 10.1. The van der Waals surface area contributed by atoms with Crippen LogP contribution >= 0.6 is 0 Å². The molecule has 1 heterocycles. The summed E-state index contributed by atoms with van der Waals surface area (Å²) in [6.45, 7) is 2.94. The Morgan fingerprint density at radius 2 is 2.15 bits per heavy atom. The fourth-order valence-electron chi connectivity index (χ4n) is 1.92. The number of hydrogen-bond acceptors (Lipinski definition) is 5. The van der Waals surface area contributed by atoms with E-state index in [0.717, 1.165) is 6.07 Å². The van der Waals surface area contributed by atoms with Crippen molar-refractivity contribution in [2.45, 2.75) is 25.3 Å². The highest BCUT2D eigenvalue weighted by Crippen LogP contribution is 2.27. The molecule has 0 aliphatic carbocycles. The van der Waals surface area contributed by atoms with Crippen molar-refractivity contribution >= 4 is 15.7 Å². The molecule has 0 atom stereocenters. The molecule has 2 aromatic rings. The first-order valence-corrected chi connectivity index (χ1v) is 7.25. The molecule has 0 amide bonds. The third-order valence-electron chi connectivity index (χ3n) is 2.90. The minimum atomic E-state index is -3.82. The Morgan fingerprint density at radius 3 is 2.75 bits per heavy atom. The molecule has 0 bridgehead atoms. The maximum Gasteiger partial charge on any atom is 0.241 e. The second kappa shape index (κ2) is 5.22. The molecule has 2 rings (SSSR count).